The maximum Gasteiger partial charge on any atom is 0.0831 e. The Hall–Kier alpha value is -1.35. The van der Waals surface area contributed by atoms with Gasteiger partial charge in [0.1, 0.15) is 0 Å². The average Bonchev–Trinajstić information content (AvgIpc) is 2.81. The van der Waals surface area contributed by atoms with Crippen LogP contribution in [0, 0.1) is 6.92 Å². The zero-order valence-electron chi connectivity index (χ0n) is 11.1. The van der Waals surface area contributed by atoms with E-state index in [2.05, 4.69) is 17.5 Å². The van der Waals surface area contributed by atoms with Gasteiger partial charge in [0.25, 0.3) is 0 Å². The smallest absolute Gasteiger partial charge is 0.0831 e. The molecular weight excluding hydrogens is 288 g/mol. The standard InChI is InChI=1S/C17H15ClOS/c1-11-6-12(8-14(18)7-11)16(19)9-13-10-20-17-5-3-2-4-15(13)17/h2-8,10,16,19H,9H2,1H3. The summed E-state index contributed by atoms with van der Waals surface area (Å²) >= 11 is 7.78. The number of aryl methyl sites for hydroxylation is 1. The second kappa shape index (κ2) is 5.57. The molecule has 0 saturated carbocycles. The third-order valence-electron chi connectivity index (χ3n) is 3.42. The molecule has 3 aromatic rings. The SMILES string of the molecule is Cc1cc(Cl)cc(C(O)Cc2csc3ccccc23)c1. The molecule has 0 fully saturated rings. The lowest BCUT2D eigenvalue weighted by atomic mass is 10.00. The van der Waals surface area contributed by atoms with E-state index in [9.17, 15) is 5.11 Å². The number of aliphatic hydroxyl groups is 1. The highest BCUT2D eigenvalue weighted by Gasteiger charge is 2.13. The normalized spacial score (nSPS) is 12.8. The van der Waals surface area contributed by atoms with E-state index in [0.717, 1.165) is 11.1 Å². The van der Waals surface area contributed by atoms with Crippen LogP contribution < -0.4 is 0 Å². The quantitative estimate of drug-likeness (QED) is 0.710. The minimum Gasteiger partial charge on any atom is -0.388 e. The number of fused-ring (bicyclic) bond motifs is 1. The molecule has 1 atom stereocenters. The maximum atomic E-state index is 10.4. The molecule has 0 bridgehead atoms. The predicted octanol–water partition coefficient (Wildman–Crippen LogP) is 5.14. The third kappa shape index (κ3) is 2.73. The molecule has 102 valence electrons. The first kappa shape index (κ1) is 13.6. The first-order valence-corrected chi connectivity index (χ1v) is 7.79. The van der Waals surface area contributed by atoms with Crippen LogP contribution in [-0.4, -0.2) is 5.11 Å². The minimum absolute atomic E-state index is 0.523. The van der Waals surface area contributed by atoms with Crippen LogP contribution in [0.2, 0.25) is 5.02 Å². The molecule has 0 spiro atoms. The van der Waals surface area contributed by atoms with Crippen LogP contribution >= 0.6 is 22.9 Å². The first-order chi connectivity index (χ1) is 9.63. The van der Waals surface area contributed by atoms with E-state index in [0.29, 0.717) is 11.4 Å². The molecule has 3 rings (SSSR count). The summed E-state index contributed by atoms with van der Waals surface area (Å²) in [5, 5.41) is 14.5. The van der Waals surface area contributed by atoms with Gasteiger partial charge in [-0.2, -0.15) is 0 Å². The number of halogens is 1. The van der Waals surface area contributed by atoms with Gasteiger partial charge in [0.15, 0.2) is 0 Å². The summed E-state index contributed by atoms with van der Waals surface area (Å²) in [5.41, 5.74) is 3.14. The molecule has 1 nitrogen and oxygen atoms in total. The van der Waals surface area contributed by atoms with Crippen LogP contribution in [0.5, 0.6) is 0 Å². The van der Waals surface area contributed by atoms with E-state index < -0.39 is 6.10 Å². The van der Waals surface area contributed by atoms with E-state index in [1.807, 2.05) is 37.3 Å². The zero-order chi connectivity index (χ0) is 14.1. The summed E-state index contributed by atoms with van der Waals surface area (Å²) in [5.74, 6) is 0. The van der Waals surface area contributed by atoms with Crippen molar-refractivity contribution in [3.63, 3.8) is 0 Å². The highest BCUT2D eigenvalue weighted by atomic mass is 35.5. The van der Waals surface area contributed by atoms with Gasteiger partial charge in [0.05, 0.1) is 6.10 Å². The Labute approximate surface area is 127 Å². The van der Waals surface area contributed by atoms with Crippen molar-refractivity contribution in [1.29, 1.82) is 0 Å². The minimum atomic E-state index is -0.523. The summed E-state index contributed by atoms with van der Waals surface area (Å²) < 4.78 is 1.26. The molecule has 0 radical (unpaired) electrons. The van der Waals surface area contributed by atoms with Crippen molar-refractivity contribution in [3.8, 4) is 0 Å². The van der Waals surface area contributed by atoms with Crippen LogP contribution in [0.1, 0.15) is 22.8 Å². The lowest BCUT2D eigenvalue weighted by Crippen LogP contribution is -2.01. The van der Waals surface area contributed by atoms with Gasteiger partial charge in [-0.1, -0.05) is 35.9 Å². The zero-order valence-corrected chi connectivity index (χ0v) is 12.7. The molecule has 20 heavy (non-hydrogen) atoms. The molecule has 0 aliphatic rings. The Bertz CT molecular complexity index is 727. The lowest BCUT2D eigenvalue weighted by molar-refractivity contribution is 0.179. The van der Waals surface area contributed by atoms with Gasteiger partial charge in [-0.15, -0.1) is 11.3 Å². The highest BCUT2D eigenvalue weighted by Crippen LogP contribution is 2.30. The van der Waals surface area contributed by atoms with Gasteiger partial charge in [-0.05, 0) is 52.6 Å². The first-order valence-electron chi connectivity index (χ1n) is 6.54. The van der Waals surface area contributed by atoms with Crippen molar-refractivity contribution in [1.82, 2.24) is 0 Å². The number of benzene rings is 2. The van der Waals surface area contributed by atoms with E-state index in [1.54, 1.807) is 11.3 Å². The molecule has 2 aromatic carbocycles. The van der Waals surface area contributed by atoms with Crippen LogP contribution in [-0.2, 0) is 6.42 Å². The van der Waals surface area contributed by atoms with Gasteiger partial charge in [0.2, 0.25) is 0 Å². The lowest BCUT2D eigenvalue weighted by Gasteiger charge is -2.12. The summed E-state index contributed by atoms with van der Waals surface area (Å²) in [4.78, 5) is 0. The number of hydrogen-bond acceptors (Lipinski definition) is 2. The van der Waals surface area contributed by atoms with E-state index in [-0.39, 0.29) is 0 Å². The van der Waals surface area contributed by atoms with Gasteiger partial charge in [0, 0.05) is 16.1 Å². The van der Waals surface area contributed by atoms with Crippen LogP contribution in [0.3, 0.4) is 0 Å². The van der Waals surface area contributed by atoms with Gasteiger partial charge in [-0.3, -0.25) is 0 Å². The van der Waals surface area contributed by atoms with Crippen molar-refractivity contribution in [3.05, 3.63) is 69.6 Å². The van der Waals surface area contributed by atoms with E-state index in [4.69, 9.17) is 11.6 Å². The number of thiophene rings is 1. The molecule has 1 heterocycles. The van der Waals surface area contributed by atoms with Crippen molar-refractivity contribution in [2.24, 2.45) is 0 Å². The fourth-order valence-corrected chi connectivity index (χ4v) is 3.75. The number of rotatable bonds is 3. The molecular formula is C17H15ClOS. The summed E-state index contributed by atoms with van der Waals surface area (Å²) in [6, 6.07) is 14.0. The Kier molecular flexibility index (Phi) is 3.79. The number of hydrogen-bond donors (Lipinski definition) is 1. The molecule has 1 aromatic heterocycles. The average molecular weight is 303 g/mol. The largest absolute Gasteiger partial charge is 0.388 e. The highest BCUT2D eigenvalue weighted by molar-refractivity contribution is 7.17. The van der Waals surface area contributed by atoms with Crippen LogP contribution in [0.4, 0.5) is 0 Å². The second-order valence-electron chi connectivity index (χ2n) is 5.04. The molecule has 0 aliphatic heterocycles. The van der Waals surface area contributed by atoms with Gasteiger partial charge >= 0.3 is 0 Å². The Morgan fingerprint density at radius 3 is 2.80 bits per heavy atom. The fraction of sp³-hybridized carbons (Fsp3) is 0.176. The Morgan fingerprint density at radius 2 is 2.00 bits per heavy atom. The molecule has 0 amide bonds. The molecule has 0 saturated heterocycles. The van der Waals surface area contributed by atoms with Crippen molar-refractivity contribution in [2.75, 3.05) is 0 Å². The third-order valence-corrected chi connectivity index (χ3v) is 4.65. The topological polar surface area (TPSA) is 20.2 Å². The predicted molar refractivity (Wildman–Crippen MR) is 86.7 cm³/mol. The van der Waals surface area contributed by atoms with Crippen LogP contribution in [0.25, 0.3) is 10.1 Å². The monoisotopic (exact) mass is 302 g/mol. The molecule has 0 aliphatic carbocycles. The molecule has 3 heteroatoms. The molecule has 1 N–H and O–H groups in total. The van der Waals surface area contributed by atoms with Crippen LogP contribution in [0.15, 0.2) is 47.8 Å². The Morgan fingerprint density at radius 1 is 1.20 bits per heavy atom. The summed E-state index contributed by atoms with van der Waals surface area (Å²) in [6.45, 7) is 1.99. The van der Waals surface area contributed by atoms with Crippen molar-refractivity contribution in [2.45, 2.75) is 19.4 Å². The van der Waals surface area contributed by atoms with E-state index >= 15 is 0 Å². The van der Waals surface area contributed by atoms with Gasteiger partial charge in [-0.25, -0.2) is 0 Å². The van der Waals surface area contributed by atoms with Crippen molar-refractivity contribution < 1.29 is 5.11 Å². The Balaban J connectivity index is 1.90. The maximum absolute atomic E-state index is 10.4. The molecule has 1 unspecified atom stereocenters. The fourth-order valence-electron chi connectivity index (χ4n) is 2.47. The van der Waals surface area contributed by atoms with E-state index in [1.165, 1.54) is 15.6 Å². The summed E-state index contributed by atoms with van der Waals surface area (Å²) in [6.07, 6.45) is 0.0921. The van der Waals surface area contributed by atoms with Crippen molar-refractivity contribution >= 4 is 33.0 Å². The summed E-state index contributed by atoms with van der Waals surface area (Å²) in [7, 11) is 0. The number of aliphatic hydroxyl groups excluding tert-OH is 1. The second-order valence-corrected chi connectivity index (χ2v) is 6.39. The van der Waals surface area contributed by atoms with Gasteiger partial charge < -0.3 is 5.11 Å².